The molecule has 7 nitrogen and oxygen atoms in total. The van der Waals surface area contributed by atoms with Gasteiger partial charge in [0.1, 0.15) is 5.69 Å². The molecule has 1 aromatic carbocycles. The van der Waals surface area contributed by atoms with Crippen molar-refractivity contribution < 1.29 is 19.1 Å². The van der Waals surface area contributed by atoms with Crippen LogP contribution in [-0.2, 0) is 4.79 Å². The van der Waals surface area contributed by atoms with Crippen LogP contribution in [0.5, 0.6) is 11.5 Å². The second-order valence-electron chi connectivity index (χ2n) is 5.70. The van der Waals surface area contributed by atoms with Gasteiger partial charge in [-0.1, -0.05) is 19.4 Å². The highest BCUT2D eigenvalue weighted by atomic mass is 16.5. The summed E-state index contributed by atoms with van der Waals surface area (Å²) < 4.78 is 11.3. The first-order valence-electron chi connectivity index (χ1n) is 8.95. The summed E-state index contributed by atoms with van der Waals surface area (Å²) in [5.74, 6) is 0.450. The van der Waals surface area contributed by atoms with Crippen molar-refractivity contribution in [3.63, 3.8) is 0 Å². The quantitative estimate of drug-likeness (QED) is 0.359. The van der Waals surface area contributed by atoms with Crippen molar-refractivity contribution in [3.05, 3.63) is 53.9 Å². The molecule has 2 rings (SSSR count). The molecule has 1 heterocycles. The van der Waals surface area contributed by atoms with Crippen LogP contribution >= 0.6 is 0 Å². The molecule has 0 radical (unpaired) electrons. The molecular weight excluding hydrogens is 346 g/mol. The van der Waals surface area contributed by atoms with Crippen LogP contribution in [0.2, 0.25) is 0 Å². The van der Waals surface area contributed by atoms with Crippen molar-refractivity contribution >= 4 is 17.9 Å². The number of unbranched alkanes of at least 4 members (excludes halogenated alkanes) is 1. The number of carbonyl (C=O) groups is 2. The van der Waals surface area contributed by atoms with Gasteiger partial charge in [-0.3, -0.25) is 20.4 Å². The Bertz CT molecular complexity index is 770. The van der Waals surface area contributed by atoms with Gasteiger partial charge in [-0.05, 0) is 49.2 Å². The average Bonchev–Trinajstić information content (AvgIpc) is 3.21. The van der Waals surface area contributed by atoms with E-state index in [9.17, 15) is 9.59 Å². The number of ether oxygens (including phenoxy) is 2. The van der Waals surface area contributed by atoms with Crippen molar-refractivity contribution in [3.8, 4) is 11.5 Å². The minimum Gasteiger partial charge on any atom is -0.490 e. The highest BCUT2D eigenvalue weighted by Gasteiger charge is 2.07. The van der Waals surface area contributed by atoms with Crippen LogP contribution in [0.25, 0.3) is 6.08 Å². The van der Waals surface area contributed by atoms with E-state index in [1.54, 1.807) is 24.4 Å². The zero-order valence-corrected chi connectivity index (χ0v) is 15.6. The Labute approximate surface area is 158 Å². The first-order valence-corrected chi connectivity index (χ1v) is 8.95. The molecule has 27 heavy (non-hydrogen) atoms. The Morgan fingerprint density at radius 3 is 2.67 bits per heavy atom. The number of hydrogen-bond donors (Lipinski definition) is 3. The lowest BCUT2D eigenvalue weighted by atomic mass is 10.2. The predicted molar refractivity (Wildman–Crippen MR) is 103 cm³/mol. The van der Waals surface area contributed by atoms with Crippen LogP contribution in [0.3, 0.4) is 0 Å². The molecule has 0 fully saturated rings. The Balaban J connectivity index is 1.93. The van der Waals surface area contributed by atoms with Crippen LogP contribution in [0, 0.1) is 0 Å². The maximum absolute atomic E-state index is 11.9. The van der Waals surface area contributed by atoms with E-state index in [-0.39, 0.29) is 0 Å². The van der Waals surface area contributed by atoms with Crippen LogP contribution in [0.4, 0.5) is 0 Å². The molecule has 0 atom stereocenters. The summed E-state index contributed by atoms with van der Waals surface area (Å²) >= 11 is 0. The van der Waals surface area contributed by atoms with Gasteiger partial charge in [0.05, 0.1) is 13.2 Å². The van der Waals surface area contributed by atoms with Gasteiger partial charge in [-0.2, -0.15) is 0 Å². The van der Waals surface area contributed by atoms with Gasteiger partial charge in [-0.15, -0.1) is 0 Å². The zero-order chi connectivity index (χ0) is 19.5. The number of aromatic amines is 1. The summed E-state index contributed by atoms with van der Waals surface area (Å²) in [4.78, 5) is 26.4. The van der Waals surface area contributed by atoms with Gasteiger partial charge in [0.2, 0.25) is 0 Å². The third-order valence-corrected chi connectivity index (χ3v) is 3.59. The molecule has 2 amide bonds. The number of aromatic nitrogens is 1. The standard InChI is InChI=1S/C20H25N3O4/c1-3-5-13-27-17-10-8-15(14-18(17)26-4-2)9-11-19(24)22-23-20(25)16-7-6-12-21-16/h6-12,14,21H,3-5,13H2,1-2H3,(H,22,24)(H,23,25)/b11-9+. The van der Waals surface area contributed by atoms with E-state index in [0.717, 1.165) is 18.4 Å². The summed E-state index contributed by atoms with van der Waals surface area (Å²) in [7, 11) is 0. The SMILES string of the molecule is CCCCOc1ccc(/C=C/C(=O)NNC(=O)c2ccc[nH]2)cc1OCC. The minimum absolute atomic E-state index is 0.360. The monoisotopic (exact) mass is 371 g/mol. The van der Waals surface area contributed by atoms with Crippen LogP contribution < -0.4 is 20.3 Å². The van der Waals surface area contributed by atoms with E-state index in [1.165, 1.54) is 6.08 Å². The van der Waals surface area contributed by atoms with E-state index in [2.05, 4.69) is 22.8 Å². The maximum Gasteiger partial charge on any atom is 0.286 e. The van der Waals surface area contributed by atoms with E-state index < -0.39 is 11.8 Å². The zero-order valence-electron chi connectivity index (χ0n) is 15.6. The van der Waals surface area contributed by atoms with Crippen molar-refractivity contribution in [1.29, 1.82) is 0 Å². The molecule has 144 valence electrons. The van der Waals surface area contributed by atoms with Crippen LogP contribution in [-0.4, -0.2) is 30.0 Å². The largest absolute Gasteiger partial charge is 0.490 e. The summed E-state index contributed by atoms with van der Waals surface area (Å²) in [6.07, 6.45) is 6.62. The number of H-pyrrole nitrogens is 1. The van der Waals surface area contributed by atoms with Gasteiger partial charge < -0.3 is 14.5 Å². The van der Waals surface area contributed by atoms with Crippen LogP contribution in [0.15, 0.2) is 42.6 Å². The van der Waals surface area contributed by atoms with Gasteiger partial charge >= 0.3 is 0 Å². The molecule has 0 aliphatic heterocycles. The second kappa shape index (κ2) is 10.7. The molecular formula is C20H25N3O4. The van der Waals surface area contributed by atoms with E-state index in [1.807, 2.05) is 25.1 Å². The van der Waals surface area contributed by atoms with E-state index in [0.29, 0.717) is 30.4 Å². The molecule has 0 bridgehead atoms. The lowest BCUT2D eigenvalue weighted by Gasteiger charge is -2.12. The lowest BCUT2D eigenvalue weighted by molar-refractivity contribution is -0.117. The summed E-state index contributed by atoms with van der Waals surface area (Å²) in [6.45, 7) is 5.15. The molecule has 0 unspecified atom stereocenters. The molecule has 7 heteroatoms. The van der Waals surface area contributed by atoms with Crippen molar-refractivity contribution in [2.45, 2.75) is 26.7 Å². The second-order valence-corrected chi connectivity index (χ2v) is 5.70. The van der Waals surface area contributed by atoms with Crippen molar-refractivity contribution in [1.82, 2.24) is 15.8 Å². The third kappa shape index (κ3) is 6.54. The van der Waals surface area contributed by atoms with Gasteiger partial charge in [0, 0.05) is 12.3 Å². The van der Waals surface area contributed by atoms with Gasteiger partial charge in [0.25, 0.3) is 11.8 Å². The van der Waals surface area contributed by atoms with Crippen molar-refractivity contribution in [2.24, 2.45) is 0 Å². The summed E-state index contributed by atoms with van der Waals surface area (Å²) in [5.41, 5.74) is 5.79. The van der Waals surface area contributed by atoms with E-state index in [4.69, 9.17) is 9.47 Å². The first kappa shape index (κ1) is 20.1. The van der Waals surface area contributed by atoms with E-state index >= 15 is 0 Å². The Morgan fingerprint density at radius 2 is 1.96 bits per heavy atom. The fraction of sp³-hybridized carbons (Fsp3) is 0.300. The molecule has 0 aliphatic carbocycles. The number of carbonyl (C=O) groups excluding carboxylic acids is 2. The summed E-state index contributed by atoms with van der Waals surface area (Å²) in [5, 5.41) is 0. The lowest BCUT2D eigenvalue weighted by Crippen LogP contribution is -2.40. The number of benzene rings is 1. The van der Waals surface area contributed by atoms with Gasteiger partial charge in [0.15, 0.2) is 11.5 Å². The number of rotatable bonds is 9. The smallest absolute Gasteiger partial charge is 0.286 e. The first-order chi connectivity index (χ1) is 13.1. The Hall–Kier alpha value is -3.22. The predicted octanol–water partition coefficient (Wildman–Crippen LogP) is 3.07. The molecule has 2 aromatic rings. The highest BCUT2D eigenvalue weighted by Crippen LogP contribution is 2.29. The molecule has 0 aliphatic rings. The van der Waals surface area contributed by atoms with Crippen molar-refractivity contribution in [2.75, 3.05) is 13.2 Å². The number of hydrazine groups is 1. The highest BCUT2D eigenvalue weighted by molar-refractivity contribution is 5.96. The average molecular weight is 371 g/mol. The normalized spacial score (nSPS) is 10.6. The molecule has 0 spiro atoms. The topological polar surface area (TPSA) is 92.5 Å². The molecule has 3 N–H and O–H groups in total. The molecule has 0 saturated heterocycles. The van der Waals surface area contributed by atoms with Crippen LogP contribution in [0.1, 0.15) is 42.7 Å². The molecule has 0 saturated carbocycles. The van der Waals surface area contributed by atoms with Gasteiger partial charge in [-0.25, -0.2) is 0 Å². The summed E-state index contributed by atoms with van der Waals surface area (Å²) in [6, 6.07) is 8.78. The third-order valence-electron chi connectivity index (χ3n) is 3.59. The Morgan fingerprint density at radius 1 is 1.11 bits per heavy atom. The fourth-order valence-electron chi connectivity index (χ4n) is 2.21. The Kier molecular flexibility index (Phi) is 7.96. The minimum atomic E-state index is -0.448. The fourth-order valence-corrected chi connectivity index (χ4v) is 2.21. The number of nitrogens with one attached hydrogen (secondary N) is 3. The molecule has 1 aromatic heterocycles. The number of amides is 2. The number of hydrogen-bond acceptors (Lipinski definition) is 4. The maximum atomic E-state index is 11.9.